The first-order valence-electron chi connectivity index (χ1n) is 5.35. The Bertz CT molecular complexity index is 396. The Labute approximate surface area is 111 Å². The van der Waals surface area contributed by atoms with Gasteiger partial charge in [-0.2, -0.15) is 0 Å². The molecule has 0 aliphatic heterocycles. The zero-order valence-electron chi connectivity index (χ0n) is 9.80. The van der Waals surface area contributed by atoms with Crippen molar-refractivity contribution in [3.8, 4) is 5.75 Å². The molecular weight excluding hydrogens is 261 g/mol. The molecule has 1 N–H and O–H groups in total. The van der Waals surface area contributed by atoms with Gasteiger partial charge in [0, 0.05) is 6.54 Å². The first kappa shape index (κ1) is 14.1. The van der Waals surface area contributed by atoms with Gasteiger partial charge in [0.2, 0.25) is 5.91 Å². The van der Waals surface area contributed by atoms with Crippen molar-refractivity contribution < 1.29 is 9.53 Å². The van der Waals surface area contributed by atoms with Gasteiger partial charge in [-0.3, -0.25) is 4.79 Å². The number of ether oxygens (including phenoxy) is 1. The number of carbonyl (C=O) groups is 1. The van der Waals surface area contributed by atoms with Crippen LogP contribution in [0.5, 0.6) is 5.75 Å². The second-order valence-corrected chi connectivity index (χ2v) is 4.39. The van der Waals surface area contributed by atoms with Crippen LogP contribution in [0.1, 0.15) is 24.3 Å². The van der Waals surface area contributed by atoms with Gasteiger partial charge >= 0.3 is 0 Å². The highest BCUT2D eigenvalue weighted by Crippen LogP contribution is 2.30. The fourth-order valence-electron chi connectivity index (χ4n) is 1.33. The number of hydrogen-bond donors (Lipinski definition) is 1. The van der Waals surface area contributed by atoms with Gasteiger partial charge in [-0.15, -0.1) is 11.6 Å². The predicted molar refractivity (Wildman–Crippen MR) is 69.9 cm³/mol. The number of nitrogens with one attached hydrogen (secondary N) is 1. The van der Waals surface area contributed by atoms with Gasteiger partial charge < -0.3 is 10.1 Å². The number of alkyl halides is 1. The van der Waals surface area contributed by atoms with Crippen molar-refractivity contribution in [2.75, 3.05) is 13.7 Å². The minimum Gasteiger partial charge on any atom is -0.495 e. The summed E-state index contributed by atoms with van der Waals surface area (Å²) in [4.78, 5) is 11.7. The topological polar surface area (TPSA) is 38.3 Å². The van der Waals surface area contributed by atoms with E-state index in [-0.39, 0.29) is 5.91 Å². The Morgan fingerprint density at radius 1 is 1.53 bits per heavy atom. The van der Waals surface area contributed by atoms with Crippen molar-refractivity contribution in [2.24, 2.45) is 0 Å². The lowest BCUT2D eigenvalue weighted by molar-refractivity contribution is -0.120. The first-order valence-corrected chi connectivity index (χ1v) is 6.16. The molecule has 94 valence electrons. The maximum absolute atomic E-state index is 11.7. The molecule has 1 atom stereocenters. The van der Waals surface area contributed by atoms with Crippen molar-refractivity contribution in [2.45, 2.75) is 18.7 Å². The van der Waals surface area contributed by atoms with Gasteiger partial charge in [0.05, 0.1) is 12.1 Å². The zero-order chi connectivity index (χ0) is 12.8. The fraction of sp³-hybridized carbons (Fsp3) is 0.417. The Morgan fingerprint density at radius 2 is 2.24 bits per heavy atom. The van der Waals surface area contributed by atoms with E-state index in [2.05, 4.69) is 5.32 Å². The molecule has 0 aliphatic carbocycles. The zero-order valence-corrected chi connectivity index (χ0v) is 11.3. The van der Waals surface area contributed by atoms with Crippen LogP contribution in [0, 0.1) is 0 Å². The van der Waals surface area contributed by atoms with Crippen LogP contribution in [-0.4, -0.2) is 19.6 Å². The van der Waals surface area contributed by atoms with Crippen molar-refractivity contribution in [3.63, 3.8) is 0 Å². The largest absolute Gasteiger partial charge is 0.495 e. The van der Waals surface area contributed by atoms with Gasteiger partial charge in [-0.25, -0.2) is 0 Å². The molecule has 3 nitrogen and oxygen atoms in total. The van der Waals surface area contributed by atoms with E-state index in [0.717, 1.165) is 6.42 Å². The molecule has 1 amide bonds. The van der Waals surface area contributed by atoms with E-state index in [0.29, 0.717) is 22.9 Å². The molecule has 0 aromatic heterocycles. The Morgan fingerprint density at radius 3 is 2.76 bits per heavy atom. The van der Waals surface area contributed by atoms with Crippen LogP contribution in [0.15, 0.2) is 18.2 Å². The highest BCUT2D eigenvalue weighted by molar-refractivity contribution is 6.33. The summed E-state index contributed by atoms with van der Waals surface area (Å²) in [5, 5.41) is 2.45. The van der Waals surface area contributed by atoms with Gasteiger partial charge in [0.15, 0.2) is 0 Å². The molecule has 0 heterocycles. The SMILES string of the molecule is CCCNC(=O)C(Cl)c1ccc(OC)c(Cl)c1. The molecule has 0 aliphatic rings. The van der Waals surface area contributed by atoms with Crippen molar-refractivity contribution >= 4 is 29.1 Å². The molecule has 1 aromatic carbocycles. The van der Waals surface area contributed by atoms with E-state index in [1.165, 1.54) is 7.11 Å². The molecule has 17 heavy (non-hydrogen) atoms. The maximum Gasteiger partial charge on any atom is 0.242 e. The molecule has 0 fully saturated rings. The lowest BCUT2D eigenvalue weighted by Crippen LogP contribution is -2.27. The van der Waals surface area contributed by atoms with Crippen LogP contribution in [0.3, 0.4) is 0 Å². The minimum absolute atomic E-state index is 0.213. The van der Waals surface area contributed by atoms with E-state index < -0.39 is 5.38 Å². The second kappa shape index (κ2) is 6.72. The summed E-state index contributed by atoms with van der Waals surface area (Å²) >= 11 is 12.0. The molecule has 5 heteroatoms. The minimum atomic E-state index is -0.732. The summed E-state index contributed by atoms with van der Waals surface area (Å²) in [6, 6.07) is 5.07. The number of rotatable bonds is 5. The third-order valence-corrected chi connectivity index (χ3v) is 2.99. The van der Waals surface area contributed by atoms with Crippen LogP contribution in [0.2, 0.25) is 5.02 Å². The Hall–Kier alpha value is -0.930. The summed E-state index contributed by atoms with van der Waals surface area (Å²) in [6.07, 6.45) is 0.874. The Kier molecular flexibility index (Phi) is 5.59. The standard InChI is InChI=1S/C12H15Cl2NO2/c1-3-6-15-12(16)11(14)8-4-5-10(17-2)9(13)7-8/h4-5,7,11H,3,6H2,1-2H3,(H,15,16). The summed E-state index contributed by atoms with van der Waals surface area (Å²) in [7, 11) is 1.53. The van der Waals surface area contributed by atoms with Crippen LogP contribution in [0.4, 0.5) is 0 Å². The molecular formula is C12H15Cl2NO2. The number of methoxy groups -OCH3 is 1. The lowest BCUT2D eigenvalue weighted by atomic mass is 10.1. The summed E-state index contributed by atoms with van der Waals surface area (Å²) < 4.78 is 5.03. The molecule has 0 radical (unpaired) electrons. The van der Waals surface area contributed by atoms with E-state index in [4.69, 9.17) is 27.9 Å². The molecule has 1 unspecified atom stereocenters. The molecule has 0 saturated carbocycles. The highest BCUT2D eigenvalue weighted by Gasteiger charge is 2.18. The normalized spacial score (nSPS) is 12.0. The quantitative estimate of drug-likeness (QED) is 0.839. The third kappa shape index (κ3) is 3.79. The average molecular weight is 276 g/mol. The fourth-order valence-corrected chi connectivity index (χ4v) is 1.81. The van der Waals surface area contributed by atoms with E-state index in [9.17, 15) is 4.79 Å². The van der Waals surface area contributed by atoms with Gasteiger partial charge in [0.25, 0.3) is 0 Å². The van der Waals surface area contributed by atoms with E-state index in [1.807, 2.05) is 6.92 Å². The van der Waals surface area contributed by atoms with Gasteiger partial charge in [0.1, 0.15) is 11.1 Å². The molecule has 0 saturated heterocycles. The van der Waals surface area contributed by atoms with Crippen LogP contribution in [-0.2, 0) is 4.79 Å². The number of benzene rings is 1. The summed E-state index contributed by atoms with van der Waals surface area (Å²) in [6.45, 7) is 2.60. The second-order valence-electron chi connectivity index (χ2n) is 3.55. The van der Waals surface area contributed by atoms with Crippen LogP contribution >= 0.6 is 23.2 Å². The third-order valence-electron chi connectivity index (χ3n) is 2.25. The molecule has 1 aromatic rings. The lowest BCUT2D eigenvalue weighted by Gasteiger charge is -2.11. The van der Waals surface area contributed by atoms with Crippen LogP contribution < -0.4 is 10.1 Å². The monoisotopic (exact) mass is 275 g/mol. The Balaban J connectivity index is 2.78. The highest BCUT2D eigenvalue weighted by atomic mass is 35.5. The number of carbonyl (C=O) groups excluding carboxylic acids is 1. The van der Waals surface area contributed by atoms with Crippen molar-refractivity contribution in [1.82, 2.24) is 5.32 Å². The predicted octanol–water partition coefficient (Wildman–Crippen LogP) is 3.15. The first-order chi connectivity index (χ1) is 8.10. The molecule has 0 bridgehead atoms. The molecule has 0 spiro atoms. The summed E-state index contributed by atoms with van der Waals surface area (Å²) in [5.74, 6) is 0.350. The van der Waals surface area contributed by atoms with Crippen molar-refractivity contribution in [3.05, 3.63) is 28.8 Å². The van der Waals surface area contributed by atoms with E-state index >= 15 is 0 Å². The number of hydrogen-bond acceptors (Lipinski definition) is 2. The van der Waals surface area contributed by atoms with Gasteiger partial charge in [-0.05, 0) is 24.1 Å². The van der Waals surface area contributed by atoms with Crippen molar-refractivity contribution in [1.29, 1.82) is 0 Å². The number of halogens is 2. The number of amides is 1. The average Bonchev–Trinajstić information content (AvgIpc) is 2.34. The summed E-state index contributed by atoms with van der Waals surface area (Å²) in [5.41, 5.74) is 0.658. The van der Waals surface area contributed by atoms with E-state index in [1.54, 1.807) is 18.2 Å². The molecule has 1 rings (SSSR count). The maximum atomic E-state index is 11.7. The smallest absolute Gasteiger partial charge is 0.242 e. The van der Waals surface area contributed by atoms with Crippen LogP contribution in [0.25, 0.3) is 0 Å². The van der Waals surface area contributed by atoms with Gasteiger partial charge in [-0.1, -0.05) is 24.6 Å².